The average molecular weight is 337 g/mol. The van der Waals surface area contributed by atoms with Gasteiger partial charge in [-0.25, -0.2) is 5.43 Å². The number of rotatable bonds is 11. The van der Waals surface area contributed by atoms with Crippen LogP contribution in [0.15, 0.2) is 29.4 Å². The van der Waals surface area contributed by atoms with Gasteiger partial charge >= 0.3 is 0 Å². The van der Waals surface area contributed by atoms with E-state index in [-0.39, 0.29) is 5.91 Å². The Kier molecular flexibility index (Phi) is 10.4. The van der Waals surface area contributed by atoms with Crippen molar-refractivity contribution in [3.63, 3.8) is 0 Å². The second kappa shape index (κ2) is 12.1. The van der Waals surface area contributed by atoms with Crippen LogP contribution in [0.2, 0.25) is 5.02 Å². The summed E-state index contributed by atoms with van der Waals surface area (Å²) in [4.78, 5) is 11.9. The number of hydrogen-bond acceptors (Lipinski definition) is 2. The summed E-state index contributed by atoms with van der Waals surface area (Å²) in [7, 11) is 0. The molecule has 1 amide bonds. The number of benzene rings is 1. The second-order valence-electron chi connectivity index (χ2n) is 5.83. The molecule has 1 aromatic carbocycles. The van der Waals surface area contributed by atoms with Crippen molar-refractivity contribution < 1.29 is 4.79 Å². The minimum absolute atomic E-state index is 0.00784. The highest BCUT2D eigenvalue weighted by Gasteiger charge is 2.04. The molecule has 0 aliphatic carbocycles. The molecule has 0 unspecified atom stereocenters. The lowest BCUT2D eigenvalue weighted by molar-refractivity contribution is -0.121. The molecule has 23 heavy (non-hydrogen) atoms. The zero-order chi connectivity index (χ0) is 16.9. The number of carbonyl (C=O) groups excluding carboxylic acids is 1. The molecule has 0 aliphatic heterocycles. The fraction of sp³-hybridized carbons (Fsp3) is 0.579. The molecule has 0 bridgehead atoms. The van der Waals surface area contributed by atoms with E-state index in [9.17, 15) is 4.79 Å². The topological polar surface area (TPSA) is 41.5 Å². The number of amides is 1. The Labute approximate surface area is 145 Å². The molecule has 1 aromatic rings. The Morgan fingerprint density at radius 1 is 1.09 bits per heavy atom. The summed E-state index contributed by atoms with van der Waals surface area (Å²) in [6.45, 7) is 4.24. The predicted octanol–water partition coefficient (Wildman–Crippen LogP) is 5.71. The van der Waals surface area contributed by atoms with E-state index in [1.807, 2.05) is 31.2 Å². The van der Waals surface area contributed by atoms with Crippen molar-refractivity contribution >= 4 is 23.2 Å². The lowest BCUT2D eigenvalue weighted by atomic mass is 10.1. The van der Waals surface area contributed by atoms with Crippen molar-refractivity contribution in [3.05, 3.63) is 34.9 Å². The average Bonchev–Trinajstić information content (AvgIpc) is 2.54. The van der Waals surface area contributed by atoms with Crippen LogP contribution in [0.1, 0.15) is 77.2 Å². The summed E-state index contributed by atoms with van der Waals surface area (Å²) in [5, 5.41) is 4.93. The number of carbonyl (C=O) groups is 1. The van der Waals surface area contributed by atoms with Gasteiger partial charge in [-0.05, 0) is 30.5 Å². The maximum Gasteiger partial charge on any atom is 0.240 e. The molecule has 0 saturated heterocycles. The van der Waals surface area contributed by atoms with Gasteiger partial charge in [0.2, 0.25) is 5.91 Å². The van der Waals surface area contributed by atoms with Gasteiger partial charge < -0.3 is 0 Å². The maximum atomic E-state index is 11.9. The van der Waals surface area contributed by atoms with E-state index in [1.165, 1.54) is 32.1 Å². The van der Waals surface area contributed by atoms with Crippen molar-refractivity contribution in [2.24, 2.45) is 5.10 Å². The van der Waals surface area contributed by atoms with Crippen molar-refractivity contribution in [1.82, 2.24) is 5.43 Å². The van der Waals surface area contributed by atoms with Crippen LogP contribution in [-0.2, 0) is 4.79 Å². The highest BCUT2D eigenvalue weighted by Crippen LogP contribution is 2.13. The van der Waals surface area contributed by atoms with Gasteiger partial charge in [0, 0.05) is 11.4 Å². The first-order valence-electron chi connectivity index (χ1n) is 8.78. The summed E-state index contributed by atoms with van der Waals surface area (Å²) >= 11 is 6.00. The second-order valence-corrected chi connectivity index (χ2v) is 6.27. The predicted molar refractivity (Wildman–Crippen MR) is 99.0 cm³/mol. The summed E-state index contributed by atoms with van der Waals surface area (Å²) in [5.41, 5.74) is 4.47. The fourth-order valence-electron chi connectivity index (χ4n) is 2.44. The molecule has 0 aromatic heterocycles. The van der Waals surface area contributed by atoms with Gasteiger partial charge in [0.25, 0.3) is 0 Å². The zero-order valence-electron chi connectivity index (χ0n) is 14.4. The minimum atomic E-state index is -0.00784. The van der Waals surface area contributed by atoms with Gasteiger partial charge in [0.05, 0.1) is 5.71 Å². The Morgan fingerprint density at radius 3 is 2.43 bits per heavy atom. The van der Waals surface area contributed by atoms with Gasteiger partial charge in [0.15, 0.2) is 0 Å². The smallest absolute Gasteiger partial charge is 0.240 e. The molecule has 0 saturated carbocycles. The van der Waals surface area contributed by atoms with E-state index in [4.69, 9.17) is 11.6 Å². The number of nitrogens with zero attached hydrogens (tertiary/aromatic N) is 1. The summed E-state index contributed by atoms with van der Waals surface area (Å²) < 4.78 is 0. The lowest BCUT2D eigenvalue weighted by Gasteiger charge is -2.06. The van der Waals surface area contributed by atoms with Crippen LogP contribution in [0.25, 0.3) is 0 Å². The number of halogens is 1. The van der Waals surface area contributed by atoms with Crippen LogP contribution in [0, 0.1) is 0 Å². The van der Waals surface area contributed by atoms with Gasteiger partial charge in [-0.15, -0.1) is 0 Å². The Balaban J connectivity index is 2.30. The molecule has 0 heterocycles. The van der Waals surface area contributed by atoms with Crippen LogP contribution in [-0.4, -0.2) is 11.6 Å². The summed E-state index contributed by atoms with van der Waals surface area (Å²) in [5.74, 6) is -0.00784. The van der Waals surface area contributed by atoms with E-state index in [2.05, 4.69) is 17.5 Å². The van der Waals surface area contributed by atoms with Crippen LogP contribution >= 0.6 is 11.6 Å². The number of hydrazone groups is 1. The van der Waals surface area contributed by atoms with Crippen molar-refractivity contribution in [1.29, 1.82) is 0 Å². The molecular weight excluding hydrogens is 308 g/mol. The molecule has 0 aliphatic rings. The molecular formula is C19H29ClN2O. The van der Waals surface area contributed by atoms with Crippen LogP contribution in [0.4, 0.5) is 0 Å². The third-order valence-electron chi connectivity index (χ3n) is 3.82. The Hall–Kier alpha value is -1.35. The molecule has 0 radical (unpaired) electrons. The SMILES string of the molecule is CCCCCCCCCC(=O)N/N=C(\CC)c1cccc(Cl)c1. The Bertz CT molecular complexity index is 500. The van der Waals surface area contributed by atoms with E-state index in [1.54, 1.807) is 0 Å². The summed E-state index contributed by atoms with van der Waals surface area (Å²) in [6.07, 6.45) is 9.75. The monoisotopic (exact) mass is 336 g/mol. The van der Waals surface area contributed by atoms with Crippen molar-refractivity contribution in [2.45, 2.75) is 71.6 Å². The van der Waals surface area contributed by atoms with Crippen LogP contribution in [0.5, 0.6) is 0 Å². The zero-order valence-corrected chi connectivity index (χ0v) is 15.2. The number of hydrogen-bond donors (Lipinski definition) is 1. The molecule has 0 spiro atoms. The van der Waals surface area contributed by atoms with Gasteiger partial charge in [-0.3, -0.25) is 4.79 Å². The first-order chi connectivity index (χ1) is 11.2. The molecule has 4 heteroatoms. The third kappa shape index (κ3) is 8.75. The molecule has 1 N–H and O–H groups in total. The van der Waals surface area contributed by atoms with Crippen LogP contribution in [0.3, 0.4) is 0 Å². The fourth-order valence-corrected chi connectivity index (χ4v) is 2.63. The van der Waals surface area contributed by atoms with Gasteiger partial charge in [0.1, 0.15) is 0 Å². The van der Waals surface area contributed by atoms with Crippen molar-refractivity contribution in [2.75, 3.05) is 0 Å². The standard InChI is InChI=1S/C19H29ClN2O/c1-3-5-6-7-8-9-10-14-19(23)22-21-18(4-2)16-12-11-13-17(20)15-16/h11-13,15H,3-10,14H2,1-2H3,(H,22,23)/b21-18+. The van der Waals surface area contributed by atoms with E-state index < -0.39 is 0 Å². The lowest BCUT2D eigenvalue weighted by Crippen LogP contribution is -2.19. The maximum absolute atomic E-state index is 11.9. The normalized spacial score (nSPS) is 11.5. The molecule has 0 fully saturated rings. The Morgan fingerprint density at radius 2 is 1.78 bits per heavy atom. The number of nitrogens with one attached hydrogen (secondary N) is 1. The van der Waals surface area contributed by atoms with Gasteiger partial charge in [-0.2, -0.15) is 5.10 Å². The first-order valence-corrected chi connectivity index (χ1v) is 9.16. The van der Waals surface area contributed by atoms with E-state index >= 15 is 0 Å². The van der Waals surface area contributed by atoms with E-state index in [0.29, 0.717) is 11.4 Å². The largest absolute Gasteiger partial charge is 0.273 e. The highest BCUT2D eigenvalue weighted by atomic mass is 35.5. The minimum Gasteiger partial charge on any atom is -0.273 e. The molecule has 128 valence electrons. The molecule has 0 atom stereocenters. The first kappa shape index (κ1) is 19.7. The van der Waals surface area contributed by atoms with Crippen LogP contribution < -0.4 is 5.43 Å². The molecule has 1 rings (SSSR count). The highest BCUT2D eigenvalue weighted by molar-refractivity contribution is 6.31. The van der Waals surface area contributed by atoms with Gasteiger partial charge in [-0.1, -0.05) is 76.1 Å². The van der Waals surface area contributed by atoms with E-state index in [0.717, 1.165) is 30.5 Å². The quantitative estimate of drug-likeness (QED) is 0.314. The van der Waals surface area contributed by atoms with Crippen molar-refractivity contribution in [3.8, 4) is 0 Å². The number of unbranched alkanes of at least 4 members (excludes halogenated alkanes) is 6. The third-order valence-corrected chi connectivity index (χ3v) is 4.05. The summed E-state index contributed by atoms with van der Waals surface area (Å²) in [6, 6.07) is 7.55. The molecule has 3 nitrogen and oxygen atoms in total.